The second-order valence-corrected chi connectivity index (χ2v) is 5.24. The molecule has 104 valence electrons. The molecule has 0 bridgehead atoms. The average molecular weight is 330 g/mol. The molecule has 1 aromatic rings. The van der Waals surface area contributed by atoms with Crippen LogP contribution in [-0.4, -0.2) is 36.2 Å². The van der Waals surface area contributed by atoms with E-state index in [0.29, 0.717) is 0 Å². The number of hydrogen-bond donors (Lipinski definition) is 2. The summed E-state index contributed by atoms with van der Waals surface area (Å²) in [6, 6.07) is 7.29. The van der Waals surface area contributed by atoms with Gasteiger partial charge in [-0.25, -0.2) is 4.79 Å². The third kappa shape index (κ3) is 4.33. The maximum Gasteiger partial charge on any atom is 0.331 e. The monoisotopic (exact) mass is 329 g/mol. The van der Waals surface area contributed by atoms with Crippen LogP contribution in [-0.2, 0) is 20.7 Å². The predicted molar refractivity (Wildman–Crippen MR) is 73.9 cm³/mol. The number of carboxylic acids is 1. The second kappa shape index (κ2) is 6.68. The van der Waals surface area contributed by atoms with E-state index >= 15 is 0 Å². The minimum atomic E-state index is -1.42. The summed E-state index contributed by atoms with van der Waals surface area (Å²) >= 11 is 3.34. The molecule has 6 heteroatoms. The molecule has 0 radical (unpaired) electrons. The molecule has 0 aliphatic rings. The molecule has 1 amide bonds. The summed E-state index contributed by atoms with van der Waals surface area (Å²) in [7, 11) is 1.39. The van der Waals surface area contributed by atoms with Gasteiger partial charge in [-0.1, -0.05) is 34.1 Å². The molecule has 19 heavy (non-hydrogen) atoms. The lowest BCUT2D eigenvalue weighted by Crippen LogP contribution is -2.55. The van der Waals surface area contributed by atoms with Gasteiger partial charge in [0.25, 0.3) is 0 Å². The number of amides is 1. The highest BCUT2D eigenvalue weighted by atomic mass is 79.9. The first kappa shape index (κ1) is 15.7. The topological polar surface area (TPSA) is 75.6 Å². The molecule has 1 aromatic carbocycles. The molecular formula is C13H16BrNO4. The van der Waals surface area contributed by atoms with Crippen molar-refractivity contribution in [1.82, 2.24) is 5.32 Å². The van der Waals surface area contributed by atoms with Gasteiger partial charge in [-0.05, 0) is 18.6 Å². The first-order valence-electron chi connectivity index (χ1n) is 5.66. The Morgan fingerprint density at radius 3 is 2.58 bits per heavy atom. The Bertz CT molecular complexity index is 477. The van der Waals surface area contributed by atoms with Crippen LogP contribution in [0.4, 0.5) is 0 Å². The van der Waals surface area contributed by atoms with Crippen molar-refractivity contribution in [2.45, 2.75) is 18.9 Å². The van der Waals surface area contributed by atoms with E-state index in [-0.39, 0.29) is 18.9 Å². The summed E-state index contributed by atoms with van der Waals surface area (Å²) in [5.74, 6) is -1.50. The van der Waals surface area contributed by atoms with Crippen LogP contribution in [0.5, 0.6) is 0 Å². The lowest BCUT2D eigenvalue weighted by Gasteiger charge is -2.25. The number of carbonyl (C=O) groups excluding carboxylic acids is 1. The molecule has 5 nitrogen and oxygen atoms in total. The molecule has 0 aromatic heterocycles. The highest BCUT2D eigenvalue weighted by Gasteiger charge is 2.34. The molecule has 1 unspecified atom stereocenters. The van der Waals surface area contributed by atoms with Gasteiger partial charge in [-0.15, -0.1) is 0 Å². The zero-order valence-corrected chi connectivity index (χ0v) is 12.4. The average Bonchev–Trinajstić information content (AvgIpc) is 2.32. The van der Waals surface area contributed by atoms with E-state index in [1.165, 1.54) is 14.0 Å². The number of benzene rings is 1. The fourth-order valence-corrected chi connectivity index (χ4v) is 2.03. The standard InChI is InChI=1S/C13H16BrNO4/c1-13(8-19-2,12(17)18)15-11(16)7-9-5-3-4-6-10(9)14/h3-6H,7-8H2,1-2H3,(H,15,16)(H,17,18). The van der Waals surface area contributed by atoms with Crippen molar-refractivity contribution >= 4 is 27.8 Å². The number of aliphatic carboxylic acids is 1. The third-order valence-electron chi connectivity index (χ3n) is 2.63. The van der Waals surface area contributed by atoms with E-state index < -0.39 is 11.5 Å². The van der Waals surface area contributed by atoms with Crippen LogP contribution < -0.4 is 5.32 Å². The molecule has 2 N–H and O–H groups in total. The molecule has 1 atom stereocenters. The van der Waals surface area contributed by atoms with E-state index in [0.717, 1.165) is 10.0 Å². The van der Waals surface area contributed by atoms with Gasteiger partial charge < -0.3 is 15.2 Å². The maximum atomic E-state index is 11.9. The Kier molecular flexibility index (Phi) is 5.50. The number of hydrogen-bond acceptors (Lipinski definition) is 3. The van der Waals surface area contributed by atoms with Crippen molar-refractivity contribution in [1.29, 1.82) is 0 Å². The van der Waals surface area contributed by atoms with Crippen LogP contribution in [0.1, 0.15) is 12.5 Å². The van der Waals surface area contributed by atoms with E-state index in [1.807, 2.05) is 18.2 Å². The fourth-order valence-electron chi connectivity index (χ4n) is 1.61. The van der Waals surface area contributed by atoms with Gasteiger partial charge >= 0.3 is 5.97 Å². The number of carboxylic acid groups (broad SMARTS) is 1. The van der Waals surface area contributed by atoms with Crippen LogP contribution in [0.3, 0.4) is 0 Å². The molecular weight excluding hydrogens is 314 g/mol. The normalized spacial score (nSPS) is 13.6. The maximum absolute atomic E-state index is 11.9. The summed E-state index contributed by atoms with van der Waals surface area (Å²) < 4.78 is 5.65. The lowest BCUT2D eigenvalue weighted by atomic mass is 10.0. The van der Waals surface area contributed by atoms with E-state index in [9.17, 15) is 9.59 Å². The number of ether oxygens (including phenoxy) is 1. The minimum Gasteiger partial charge on any atom is -0.479 e. The SMILES string of the molecule is COCC(C)(NC(=O)Cc1ccccc1Br)C(=O)O. The summed E-state index contributed by atoms with van der Waals surface area (Å²) in [6.07, 6.45) is 0.105. The molecule has 0 heterocycles. The van der Waals surface area contributed by atoms with Crippen LogP contribution >= 0.6 is 15.9 Å². The van der Waals surface area contributed by atoms with Gasteiger partial charge in [-0.2, -0.15) is 0 Å². The second-order valence-electron chi connectivity index (χ2n) is 4.39. The number of carbonyl (C=O) groups is 2. The van der Waals surface area contributed by atoms with Crippen molar-refractivity contribution < 1.29 is 19.4 Å². The van der Waals surface area contributed by atoms with Gasteiger partial charge in [0, 0.05) is 11.6 Å². The number of nitrogens with one attached hydrogen (secondary N) is 1. The zero-order valence-electron chi connectivity index (χ0n) is 10.8. The Labute approximate surface area is 120 Å². The first-order chi connectivity index (χ1) is 8.89. The Hall–Kier alpha value is -1.40. The highest BCUT2D eigenvalue weighted by molar-refractivity contribution is 9.10. The van der Waals surface area contributed by atoms with Crippen LogP contribution in [0.25, 0.3) is 0 Å². The number of methoxy groups -OCH3 is 1. The number of rotatable bonds is 6. The zero-order chi connectivity index (χ0) is 14.5. The molecule has 0 saturated heterocycles. The predicted octanol–water partition coefficient (Wildman–Crippen LogP) is 1.60. The summed E-state index contributed by atoms with van der Waals surface area (Å²) in [5, 5.41) is 11.6. The van der Waals surface area contributed by atoms with Crippen molar-refractivity contribution in [2.75, 3.05) is 13.7 Å². The van der Waals surface area contributed by atoms with E-state index in [4.69, 9.17) is 9.84 Å². The van der Waals surface area contributed by atoms with Gasteiger partial charge in [0.15, 0.2) is 5.54 Å². The van der Waals surface area contributed by atoms with Gasteiger partial charge in [0.2, 0.25) is 5.91 Å². The Balaban J connectivity index is 2.74. The van der Waals surface area contributed by atoms with Gasteiger partial charge in [-0.3, -0.25) is 4.79 Å². The number of halogens is 1. The fraction of sp³-hybridized carbons (Fsp3) is 0.385. The van der Waals surface area contributed by atoms with Crippen molar-refractivity contribution in [3.63, 3.8) is 0 Å². The largest absolute Gasteiger partial charge is 0.479 e. The van der Waals surface area contributed by atoms with Crippen molar-refractivity contribution in [3.8, 4) is 0 Å². The third-order valence-corrected chi connectivity index (χ3v) is 3.40. The Morgan fingerprint density at radius 2 is 2.05 bits per heavy atom. The van der Waals surface area contributed by atoms with Crippen molar-refractivity contribution in [3.05, 3.63) is 34.3 Å². The van der Waals surface area contributed by atoms with Crippen LogP contribution in [0.15, 0.2) is 28.7 Å². The summed E-state index contributed by atoms with van der Waals surface area (Å²) in [5.41, 5.74) is -0.627. The Morgan fingerprint density at radius 1 is 1.42 bits per heavy atom. The van der Waals surface area contributed by atoms with E-state index in [2.05, 4.69) is 21.2 Å². The van der Waals surface area contributed by atoms with Gasteiger partial charge in [0.1, 0.15) is 0 Å². The first-order valence-corrected chi connectivity index (χ1v) is 6.45. The smallest absolute Gasteiger partial charge is 0.331 e. The molecule has 0 fully saturated rings. The van der Waals surface area contributed by atoms with Crippen LogP contribution in [0.2, 0.25) is 0 Å². The minimum absolute atomic E-state index is 0.0932. The summed E-state index contributed by atoms with van der Waals surface area (Å²) in [4.78, 5) is 23.1. The summed E-state index contributed by atoms with van der Waals surface area (Å²) in [6.45, 7) is 1.32. The molecule has 0 aliphatic heterocycles. The van der Waals surface area contributed by atoms with E-state index in [1.54, 1.807) is 6.07 Å². The molecule has 0 spiro atoms. The molecule has 1 rings (SSSR count). The van der Waals surface area contributed by atoms with Gasteiger partial charge in [0.05, 0.1) is 13.0 Å². The molecule has 0 aliphatic carbocycles. The highest BCUT2D eigenvalue weighted by Crippen LogP contribution is 2.16. The molecule has 0 saturated carbocycles. The lowest BCUT2D eigenvalue weighted by molar-refractivity contribution is -0.149. The van der Waals surface area contributed by atoms with Crippen molar-refractivity contribution in [2.24, 2.45) is 0 Å². The quantitative estimate of drug-likeness (QED) is 0.831. The van der Waals surface area contributed by atoms with Crippen LogP contribution in [0, 0.1) is 0 Å².